The van der Waals surface area contributed by atoms with Crippen LogP contribution in [0.15, 0.2) is 24.3 Å². The average molecular weight is 234 g/mol. The summed E-state index contributed by atoms with van der Waals surface area (Å²) in [6, 6.07) is 4.65. The minimum atomic E-state index is -1.27. The number of carbonyl (C=O) groups is 1. The van der Waals surface area contributed by atoms with Gasteiger partial charge in [-0.2, -0.15) is 0 Å². The SMILES string of the molecule is O=C(O)c1ccc2c([N+](=O)[O-])ccc(O)c2n1. The van der Waals surface area contributed by atoms with Crippen LogP contribution in [0.5, 0.6) is 5.75 Å². The number of carboxylic acids is 1. The number of hydrogen-bond acceptors (Lipinski definition) is 5. The fourth-order valence-electron chi connectivity index (χ4n) is 1.47. The minimum absolute atomic E-state index is 0.0972. The number of nitrogens with zero attached hydrogens (tertiary/aromatic N) is 2. The van der Waals surface area contributed by atoms with Crippen LogP contribution in [0.3, 0.4) is 0 Å². The summed E-state index contributed by atoms with van der Waals surface area (Å²) >= 11 is 0. The molecule has 0 spiro atoms. The van der Waals surface area contributed by atoms with Crippen LogP contribution in [-0.4, -0.2) is 26.1 Å². The third-order valence-electron chi connectivity index (χ3n) is 2.23. The minimum Gasteiger partial charge on any atom is -0.506 e. The van der Waals surface area contributed by atoms with E-state index in [0.29, 0.717) is 0 Å². The molecule has 0 aliphatic heterocycles. The Morgan fingerprint density at radius 3 is 2.59 bits per heavy atom. The second kappa shape index (κ2) is 3.71. The standard InChI is InChI=1S/C10H6N2O5/c13-8-4-3-7(12(16)17)5-1-2-6(10(14)15)11-9(5)8/h1-4,13H,(H,14,15). The molecule has 86 valence electrons. The largest absolute Gasteiger partial charge is 0.506 e. The zero-order valence-corrected chi connectivity index (χ0v) is 8.32. The van der Waals surface area contributed by atoms with Crippen molar-refractivity contribution in [2.45, 2.75) is 0 Å². The molecule has 0 aliphatic rings. The molecule has 7 nitrogen and oxygen atoms in total. The van der Waals surface area contributed by atoms with Gasteiger partial charge in [0.05, 0.1) is 10.3 Å². The van der Waals surface area contributed by atoms with E-state index in [2.05, 4.69) is 4.98 Å². The fraction of sp³-hybridized carbons (Fsp3) is 0. The van der Waals surface area contributed by atoms with E-state index in [0.717, 1.165) is 18.2 Å². The molecule has 0 atom stereocenters. The summed E-state index contributed by atoms with van der Waals surface area (Å²) in [5, 5.41) is 29.1. The lowest BCUT2D eigenvalue weighted by atomic mass is 10.1. The number of hydrogen-bond donors (Lipinski definition) is 2. The van der Waals surface area contributed by atoms with Crippen molar-refractivity contribution in [2.75, 3.05) is 0 Å². The molecule has 0 bridgehead atoms. The van der Waals surface area contributed by atoms with Crippen LogP contribution in [0.2, 0.25) is 0 Å². The topological polar surface area (TPSA) is 114 Å². The summed E-state index contributed by atoms with van der Waals surface area (Å²) in [5.74, 6) is -1.56. The second-order valence-electron chi connectivity index (χ2n) is 3.26. The Bertz CT molecular complexity index is 638. The van der Waals surface area contributed by atoms with Crippen molar-refractivity contribution in [3.63, 3.8) is 0 Å². The zero-order chi connectivity index (χ0) is 12.6. The van der Waals surface area contributed by atoms with Gasteiger partial charge in [0, 0.05) is 6.07 Å². The molecular formula is C10H6N2O5. The summed E-state index contributed by atoms with van der Waals surface area (Å²) in [6.07, 6.45) is 0. The van der Waals surface area contributed by atoms with Crippen molar-refractivity contribution >= 4 is 22.6 Å². The molecule has 0 radical (unpaired) electrons. The van der Waals surface area contributed by atoms with Gasteiger partial charge in [-0.3, -0.25) is 10.1 Å². The monoisotopic (exact) mass is 234 g/mol. The lowest BCUT2D eigenvalue weighted by molar-refractivity contribution is -0.383. The molecule has 2 aromatic rings. The molecule has 2 N–H and O–H groups in total. The van der Waals surface area contributed by atoms with Crippen LogP contribution >= 0.6 is 0 Å². The van der Waals surface area contributed by atoms with Gasteiger partial charge in [-0.15, -0.1) is 0 Å². The number of phenols is 1. The van der Waals surface area contributed by atoms with E-state index < -0.39 is 10.9 Å². The first-order chi connectivity index (χ1) is 8.00. The molecule has 17 heavy (non-hydrogen) atoms. The number of aromatic hydroxyl groups is 1. The number of phenolic OH excluding ortho intramolecular Hbond substituents is 1. The molecule has 1 heterocycles. The highest BCUT2D eigenvalue weighted by atomic mass is 16.6. The van der Waals surface area contributed by atoms with Crippen molar-refractivity contribution in [1.29, 1.82) is 0 Å². The highest BCUT2D eigenvalue weighted by Gasteiger charge is 2.17. The van der Waals surface area contributed by atoms with Gasteiger partial charge >= 0.3 is 5.97 Å². The van der Waals surface area contributed by atoms with E-state index in [1.54, 1.807) is 0 Å². The van der Waals surface area contributed by atoms with Crippen molar-refractivity contribution in [3.8, 4) is 5.75 Å². The van der Waals surface area contributed by atoms with Crippen molar-refractivity contribution in [3.05, 3.63) is 40.1 Å². The van der Waals surface area contributed by atoms with Crippen LogP contribution in [-0.2, 0) is 0 Å². The van der Waals surface area contributed by atoms with Crippen LogP contribution < -0.4 is 0 Å². The van der Waals surface area contributed by atoms with Gasteiger partial charge in [-0.25, -0.2) is 9.78 Å². The smallest absolute Gasteiger partial charge is 0.354 e. The van der Waals surface area contributed by atoms with Crippen LogP contribution in [0.25, 0.3) is 10.9 Å². The number of pyridine rings is 1. The first-order valence-corrected chi connectivity index (χ1v) is 4.51. The van der Waals surface area contributed by atoms with Crippen LogP contribution in [0, 0.1) is 10.1 Å². The normalized spacial score (nSPS) is 10.4. The maximum absolute atomic E-state index is 10.7. The van der Waals surface area contributed by atoms with Crippen molar-refractivity contribution in [2.24, 2.45) is 0 Å². The number of rotatable bonds is 2. The van der Waals surface area contributed by atoms with Crippen molar-refractivity contribution in [1.82, 2.24) is 4.98 Å². The molecule has 0 aliphatic carbocycles. The number of nitro benzene ring substituents is 1. The first kappa shape index (κ1) is 10.8. The molecular weight excluding hydrogens is 228 g/mol. The summed E-state index contributed by atoms with van der Waals surface area (Å²) in [4.78, 5) is 24.5. The lowest BCUT2D eigenvalue weighted by Crippen LogP contribution is -2.00. The van der Waals surface area contributed by atoms with Gasteiger partial charge in [0.1, 0.15) is 17.0 Å². The Hall–Kier alpha value is -2.70. The second-order valence-corrected chi connectivity index (χ2v) is 3.26. The highest BCUT2D eigenvalue weighted by Crippen LogP contribution is 2.30. The number of aromatic carboxylic acids is 1. The Morgan fingerprint density at radius 1 is 1.29 bits per heavy atom. The Kier molecular flexibility index (Phi) is 2.36. The number of benzene rings is 1. The molecule has 1 aromatic carbocycles. The summed E-state index contributed by atoms with van der Waals surface area (Å²) < 4.78 is 0. The number of aromatic nitrogens is 1. The number of carboxylic acid groups (broad SMARTS) is 1. The highest BCUT2D eigenvalue weighted by molar-refractivity contribution is 5.95. The van der Waals surface area contributed by atoms with Gasteiger partial charge < -0.3 is 10.2 Å². The van der Waals surface area contributed by atoms with E-state index in [1.165, 1.54) is 6.07 Å². The van der Waals surface area contributed by atoms with Crippen LogP contribution in [0.4, 0.5) is 5.69 Å². The summed E-state index contributed by atoms with van der Waals surface area (Å²) in [7, 11) is 0. The van der Waals surface area contributed by atoms with E-state index in [-0.39, 0.29) is 28.0 Å². The van der Waals surface area contributed by atoms with E-state index in [9.17, 15) is 20.0 Å². The first-order valence-electron chi connectivity index (χ1n) is 4.51. The van der Waals surface area contributed by atoms with Crippen molar-refractivity contribution < 1.29 is 19.9 Å². The number of nitro groups is 1. The van der Waals surface area contributed by atoms with E-state index >= 15 is 0 Å². The number of non-ortho nitro benzene ring substituents is 1. The molecule has 0 saturated heterocycles. The molecule has 1 aromatic heterocycles. The zero-order valence-electron chi connectivity index (χ0n) is 8.32. The lowest BCUT2D eigenvalue weighted by Gasteiger charge is -2.02. The van der Waals surface area contributed by atoms with Gasteiger partial charge in [-0.1, -0.05) is 0 Å². The van der Waals surface area contributed by atoms with Gasteiger partial charge in [0.25, 0.3) is 5.69 Å². The summed E-state index contributed by atoms with van der Waals surface area (Å²) in [6.45, 7) is 0. The average Bonchev–Trinajstić information content (AvgIpc) is 2.28. The van der Waals surface area contributed by atoms with Gasteiger partial charge in [0.2, 0.25) is 0 Å². The molecule has 0 amide bonds. The quantitative estimate of drug-likeness (QED) is 0.601. The van der Waals surface area contributed by atoms with E-state index in [1.807, 2.05) is 0 Å². The summed E-state index contributed by atoms with van der Waals surface area (Å²) in [5.41, 5.74) is -0.616. The molecule has 2 rings (SSSR count). The third kappa shape index (κ3) is 1.73. The fourth-order valence-corrected chi connectivity index (χ4v) is 1.47. The molecule has 0 fully saturated rings. The maximum atomic E-state index is 10.7. The Balaban J connectivity index is 2.82. The molecule has 7 heteroatoms. The van der Waals surface area contributed by atoms with E-state index in [4.69, 9.17) is 5.11 Å². The predicted octanol–water partition coefficient (Wildman–Crippen LogP) is 1.55. The van der Waals surface area contributed by atoms with Gasteiger partial charge in [0.15, 0.2) is 0 Å². The van der Waals surface area contributed by atoms with Gasteiger partial charge in [-0.05, 0) is 18.2 Å². The third-order valence-corrected chi connectivity index (χ3v) is 2.23. The Labute approximate surface area is 94.1 Å². The number of fused-ring (bicyclic) bond motifs is 1. The Morgan fingerprint density at radius 2 is 2.00 bits per heavy atom. The predicted molar refractivity (Wildman–Crippen MR) is 57.0 cm³/mol. The maximum Gasteiger partial charge on any atom is 0.354 e. The molecule has 0 unspecified atom stereocenters. The van der Waals surface area contributed by atoms with Crippen LogP contribution in [0.1, 0.15) is 10.5 Å². The molecule has 0 saturated carbocycles.